The Labute approximate surface area is 1130 Å². The standard InChI is InChI=1S/C46H68N2O64S16.14Na/c49-29(47-21-9-13-23(14-10-21)113-45-41(111-127(87,88)89)35(105-121(69,70)71)31(25(99-45)17-93-115(51,52)53)101-43-39(109-125(81,82)83)37(107-123(75,76)77)33(103-119(63,64)65)27(97-43)19-95-117(57,58)59)7-5-3-1-2-4-6-8-30(50)48-22-11-15-24(16-12-22)114-46-42(112-128(90,91)92)36(106-122(72,73)74)32(26(100-46)18-94-116(54,55)56)102-44-40(110-126(84,85)86)38(108-124(78,79)80)34(104-120(66,67)68)28(98-44)20-96-118(60,61)62;;;;;;;;;;;;;;/h9-16,25-28,31-46H,1-8,17-20H2,(H,47,49)(H,48,50)(H,51,52,53)(H,54,55,56)(H,57,58,59)(H,60,61,62)(H,63,64,65)(H,66,67,68)(H,69,70,71)(H,72,73,74)(H,75,76,77)(H,78,79,80)(H,81,82,83)(H,84,85,86)(H,87,88,89)(H,90,91,92);;;;;;;;;;;;;;/q;14*+1/t25-,26-,27-,28-,31-,32-,33-,34-,35+,36+,37+,38+,39-,40-,41-,42-,43+,44+,45+,46+;;;;;;;;;;;;;;/m1............../s1. The third-order valence-corrected chi connectivity index (χ3v) is 24.3. The number of hydrogen-bond acceptors (Lipinski definition) is 52. The number of hydrogen-bond donors (Lipinski definition) is 16. The number of ether oxygens (including phenoxy) is 6. The monoisotopic (exact) mass is 2510 g/mol. The van der Waals surface area contributed by atoms with Crippen LogP contribution in [0.1, 0.15) is 51.4 Å². The van der Waals surface area contributed by atoms with Crippen LogP contribution in [0.15, 0.2) is 58.3 Å². The van der Waals surface area contributed by atoms with Crippen LogP contribution >= 0.6 is 23.5 Å². The number of rotatable bonds is 51. The quantitative estimate of drug-likeness (QED) is 0.0166. The summed E-state index contributed by atoms with van der Waals surface area (Å²) in [5.74, 6) is -1.25. The predicted molar refractivity (Wildman–Crippen MR) is 397 cm³/mol. The molecule has 2 aromatic carbocycles. The molecule has 0 spiro atoms. The largest absolute Gasteiger partial charge is 1.00 e. The van der Waals surface area contributed by atoms with Crippen molar-refractivity contribution in [1.29, 1.82) is 0 Å². The molecule has 2 aromatic rings. The molecule has 4 heterocycles. The number of unbranched alkanes of at least 4 members (excludes halogenated alkanes) is 5. The van der Waals surface area contributed by atoms with Gasteiger partial charge in [0.05, 0.1) is 26.4 Å². The van der Waals surface area contributed by atoms with E-state index in [0.717, 1.165) is 48.5 Å². The maximum absolute atomic E-state index is 13.1. The fraction of sp³-hybridized carbons (Fsp3) is 0.696. The summed E-state index contributed by atoms with van der Waals surface area (Å²) in [6, 6.07) is 8.95. The van der Waals surface area contributed by atoms with Gasteiger partial charge in [-0.15, -0.1) is 0 Å². The number of carbonyl (C=O) groups excluding carboxylic acids is 2. The maximum Gasteiger partial charge on any atom is 1.00 e. The van der Waals surface area contributed by atoms with Crippen LogP contribution in [-0.4, -0.2) is 341 Å². The normalized spacial score (nSPS) is 25.2. The predicted octanol–water partition coefficient (Wildman–Crippen LogP) is -47.5. The van der Waals surface area contributed by atoms with E-state index < -0.39 is 305 Å². The van der Waals surface area contributed by atoms with E-state index >= 15 is 0 Å². The van der Waals surface area contributed by atoms with Gasteiger partial charge in [0, 0.05) is 34.0 Å². The van der Waals surface area contributed by atoms with Crippen LogP contribution < -0.4 is 424 Å². The second-order valence-corrected chi connectivity index (χ2v) is 42.3. The number of carbonyl (C=O) groups is 2. The molecule has 4 fully saturated rings. The molecule has 0 bridgehead atoms. The number of amides is 2. The molecule has 20 atom stereocenters. The summed E-state index contributed by atoms with van der Waals surface area (Å²) in [6.07, 6.45) is -53.9. The van der Waals surface area contributed by atoms with Gasteiger partial charge in [-0.1, -0.05) is 49.2 Å². The first-order chi connectivity index (χ1) is 57.9. The molecule has 0 aromatic heterocycles. The molecule has 6 rings (SSSR count). The molecular formula is C46H68N2Na14O64S16+14. The van der Waals surface area contributed by atoms with E-state index in [9.17, 15) is 191 Å². The van der Waals surface area contributed by atoms with E-state index in [4.69, 9.17) is 28.4 Å². The van der Waals surface area contributed by atoms with Crippen LogP contribution in [0.2, 0.25) is 0 Å². The van der Waals surface area contributed by atoms with Gasteiger partial charge in [-0.2, -0.15) is 118 Å². The summed E-state index contributed by atoms with van der Waals surface area (Å²) < 4.78 is 568. The van der Waals surface area contributed by atoms with Gasteiger partial charge in [-0.05, 0) is 61.4 Å². The van der Waals surface area contributed by atoms with Gasteiger partial charge in [-0.3, -0.25) is 73.3 Å². The Balaban J connectivity index is -0.00000180. The third-order valence-electron chi connectivity index (χ3n) is 15.6. The Kier molecular flexibility index (Phi) is 86.9. The van der Waals surface area contributed by atoms with Gasteiger partial charge in [0.15, 0.2) is 24.8 Å². The van der Waals surface area contributed by atoms with Gasteiger partial charge < -0.3 is 39.1 Å². The van der Waals surface area contributed by atoms with Crippen molar-refractivity contribution < 1.29 is 692 Å². The van der Waals surface area contributed by atoms with Gasteiger partial charge in [-0.25, -0.2) is 58.6 Å². The van der Waals surface area contributed by atoms with Crippen molar-refractivity contribution in [2.75, 3.05) is 37.1 Å². The second-order valence-electron chi connectivity index (χ2n) is 25.1. The Morgan fingerprint density at radius 1 is 0.239 bits per heavy atom. The van der Waals surface area contributed by atoms with E-state index in [1.54, 1.807) is 0 Å². The number of nitrogens with one attached hydrogen (secondary N) is 2. The van der Waals surface area contributed by atoms with Crippen LogP contribution in [0.3, 0.4) is 0 Å². The number of anilines is 2. The average molecular weight is 2510 g/mol. The number of benzene rings is 2. The van der Waals surface area contributed by atoms with Gasteiger partial charge in [0.25, 0.3) is 0 Å². The maximum atomic E-state index is 13.1. The van der Waals surface area contributed by atoms with Crippen LogP contribution in [0, 0.1) is 0 Å². The first kappa shape index (κ1) is 170. The molecule has 4 aliphatic heterocycles. The van der Waals surface area contributed by atoms with Gasteiger partial charge in [0.2, 0.25) is 11.8 Å². The van der Waals surface area contributed by atoms with E-state index in [-0.39, 0.29) is 484 Å². The molecule has 142 heavy (non-hydrogen) atoms. The Bertz CT molecular complexity index is 5600. The Morgan fingerprint density at radius 2 is 0.423 bits per heavy atom. The second kappa shape index (κ2) is 72.8. The summed E-state index contributed by atoms with van der Waals surface area (Å²) in [7, 11) is -84.8. The number of thioether (sulfide) groups is 2. The van der Waals surface area contributed by atoms with Crippen molar-refractivity contribution in [2.24, 2.45) is 0 Å². The first-order valence-electron chi connectivity index (χ1n) is 33.0. The first-order valence-corrected chi connectivity index (χ1v) is 53.9. The van der Waals surface area contributed by atoms with Crippen molar-refractivity contribution in [3.05, 3.63) is 48.5 Å². The molecule has 0 saturated carbocycles. The molecule has 66 nitrogen and oxygen atoms in total. The summed E-state index contributed by atoms with van der Waals surface area (Å²) in [5, 5.41) is 5.03. The van der Waals surface area contributed by atoms with Gasteiger partial charge >= 0.3 is 559 Å². The minimum atomic E-state index is -6.26. The minimum Gasteiger partial charge on any atom is -0.356 e. The summed E-state index contributed by atoms with van der Waals surface area (Å²) in [6.45, 7) is -7.46. The summed E-state index contributed by atoms with van der Waals surface area (Å²) >= 11 is 0.369. The molecule has 0 unspecified atom stereocenters. The van der Waals surface area contributed by atoms with E-state index in [1.807, 2.05) is 0 Å². The van der Waals surface area contributed by atoms with Crippen LogP contribution in [0.4, 0.5) is 11.4 Å². The Hall–Kier alpha value is 10.0. The van der Waals surface area contributed by atoms with Crippen molar-refractivity contribution >= 4 is 192 Å². The van der Waals surface area contributed by atoms with Gasteiger partial charge in [0.1, 0.15) is 96.3 Å². The molecule has 96 heteroatoms. The zero-order chi connectivity index (χ0) is 97.1. The van der Waals surface area contributed by atoms with E-state index in [1.165, 1.54) is 0 Å². The van der Waals surface area contributed by atoms with Crippen molar-refractivity contribution in [2.45, 2.75) is 182 Å². The van der Waals surface area contributed by atoms with Crippen LogP contribution in [-0.2, 0) is 242 Å². The van der Waals surface area contributed by atoms with Crippen molar-refractivity contribution in [3.63, 3.8) is 0 Å². The topological polar surface area (TPSA) is 1000 Å². The zero-order valence-corrected chi connectivity index (χ0v) is 117. The SMILES string of the molecule is O=C(CCCCCCCCC(=O)Nc1ccc(S[C@@H]2O[C@H](COS(=O)(=O)O)[C@@H](O[C@@H]3O[C@H](COS(=O)(=O)O)[C@@H](OS(=O)(=O)O)[C@H](OS(=O)(=O)O)[C@H]3OS(=O)(=O)O)[C@H](OS(=O)(=O)O)[C@H]2OS(=O)(=O)O)cc1)Nc1ccc(S[C@@H]2O[C@H](COS(=O)(=O)O)[C@@H](O[C@@H]3O[C@H](COS(=O)(=O)O)[C@@H](OS(=O)(=O)O)[C@H](OS(=O)(=O)O)[C@H]3OS(=O)(=O)O)[C@H](OS(=O)(=O)O)[C@H]2OS(=O)(=O)O)cc1.[Na+].[Na+].[Na+].[Na+].[Na+].[Na+].[Na+].[Na+].[Na+].[Na+].[Na+].[Na+].[Na+].[Na+]. The molecule has 4 aliphatic rings. The average Bonchev–Trinajstić information content (AvgIpc) is 0.754. The molecule has 16 N–H and O–H groups in total. The fourth-order valence-electron chi connectivity index (χ4n) is 11.4. The minimum absolute atomic E-state index is 0. The van der Waals surface area contributed by atoms with Crippen molar-refractivity contribution in [1.82, 2.24) is 0 Å². The van der Waals surface area contributed by atoms with E-state index in [0.29, 0.717) is 25.7 Å². The molecule has 4 saturated heterocycles. The molecule has 2 amide bonds. The molecule has 0 aliphatic carbocycles. The van der Waals surface area contributed by atoms with Crippen LogP contribution in [0.25, 0.3) is 0 Å². The smallest absolute Gasteiger partial charge is 0.356 e. The molecule has 0 radical (unpaired) electrons. The molecule has 742 valence electrons. The van der Waals surface area contributed by atoms with Crippen molar-refractivity contribution in [3.8, 4) is 0 Å². The van der Waals surface area contributed by atoms with E-state index in [2.05, 4.69) is 69.2 Å². The Morgan fingerprint density at radius 3 is 0.634 bits per heavy atom. The summed E-state index contributed by atoms with van der Waals surface area (Å²) in [4.78, 5) is 25.7. The summed E-state index contributed by atoms with van der Waals surface area (Å²) in [5.41, 5.74) is -4.71. The van der Waals surface area contributed by atoms with Crippen LogP contribution in [0.5, 0.6) is 0 Å². The molecular weight excluding hydrogens is 2440 g/mol. The zero-order valence-electron chi connectivity index (χ0n) is 75.9. The third kappa shape index (κ3) is 69.4. The fourth-order valence-corrected chi connectivity index (χ4v) is 20.0.